The zero-order chi connectivity index (χ0) is 19.6. The number of hydrogen-bond donors (Lipinski definition) is 1. The van der Waals surface area contributed by atoms with Crippen LogP contribution in [0.15, 0.2) is 36.5 Å². The zero-order valence-corrected chi connectivity index (χ0v) is 16.7. The second kappa shape index (κ2) is 8.02. The molecule has 1 unspecified atom stereocenters. The van der Waals surface area contributed by atoms with Crippen LogP contribution in [0.4, 0.5) is 4.39 Å². The highest BCUT2D eigenvalue weighted by atomic mass is 32.1. The number of aromatic nitrogens is 2. The number of carbonyl (C=O) groups excluding carboxylic acids is 1. The fourth-order valence-corrected chi connectivity index (χ4v) is 3.88. The van der Waals surface area contributed by atoms with E-state index >= 15 is 0 Å². The lowest BCUT2D eigenvalue weighted by atomic mass is 10.1. The molecule has 0 radical (unpaired) electrons. The van der Waals surface area contributed by atoms with Crippen molar-refractivity contribution in [2.24, 2.45) is 0 Å². The van der Waals surface area contributed by atoms with E-state index in [1.807, 2.05) is 49.5 Å². The van der Waals surface area contributed by atoms with Crippen LogP contribution in [0.5, 0.6) is 0 Å². The van der Waals surface area contributed by atoms with Crippen molar-refractivity contribution in [2.75, 3.05) is 20.6 Å². The molecule has 3 aromatic rings. The molecule has 1 aromatic carbocycles. The van der Waals surface area contributed by atoms with Gasteiger partial charge in [0.25, 0.3) is 0 Å². The van der Waals surface area contributed by atoms with Gasteiger partial charge in [-0.3, -0.25) is 9.20 Å². The fraction of sp³-hybridized carbons (Fsp3) is 0.300. The molecule has 0 spiro atoms. The van der Waals surface area contributed by atoms with Crippen LogP contribution in [-0.4, -0.2) is 40.8 Å². The van der Waals surface area contributed by atoms with Gasteiger partial charge in [-0.25, -0.2) is 9.37 Å². The van der Waals surface area contributed by atoms with E-state index in [9.17, 15) is 9.18 Å². The molecule has 0 aliphatic heterocycles. The van der Waals surface area contributed by atoms with Crippen molar-refractivity contribution in [3.8, 4) is 0 Å². The van der Waals surface area contributed by atoms with Gasteiger partial charge in [-0.15, -0.1) is 11.3 Å². The highest BCUT2D eigenvalue weighted by Crippen LogP contribution is 2.21. The largest absolute Gasteiger partial charge is 0.351 e. The van der Waals surface area contributed by atoms with Crippen LogP contribution in [-0.2, 0) is 4.79 Å². The first-order valence-electron chi connectivity index (χ1n) is 8.68. The molecule has 0 bridgehead atoms. The molecule has 2 aromatic heterocycles. The average molecular weight is 386 g/mol. The molecule has 1 amide bonds. The van der Waals surface area contributed by atoms with Crippen LogP contribution in [0.2, 0.25) is 0 Å². The van der Waals surface area contributed by atoms with Crippen molar-refractivity contribution in [1.29, 1.82) is 0 Å². The molecule has 0 fully saturated rings. The summed E-state index contributed by atoms with van der Waals surface area (Å²) in [6, 6.07) is 6.34. The molecule has 5 nitrogen and oxygen atoms in total. The van der Waals surface area contributed by atoms with Crippen LogP contribution in [0.25, 0.3) is 11.0 Å². The van der Waals surface area contributed by atoms with Gasteiger partial charge >= 0.3 is 0 Å². The third-order valence-electron chi connectivity index (χ3n) is 4.38. The molecule has 0 saturated carbocycles. The number of likely N-dealkylation sites (N-methyl/N-ethyl adjacent to an activating group) is 1. The maximum Gasteiger partial charge on any atom is 0.244 e. The number of thiazole rings is 1. The lowest BCUT2D eigenvalue weighted by Gasteiger charge is -2.24. The number of fused-ring (bicyclic) bond motifs is 1. The Labute approximate surface area is 162 Å². The van der Waals surface area contributed by atoms with Crippen LogP contribution >= 0.6 is 11.3 Å². The molecular formula is C20H23FN4OS. The van der Waals surface area contributed by atoms with Gasteiger partial charge in [-0.2, -0.15) is 0 Å². The van der Waals surface area contributed by atoms with E-state index in [-0.39, 0.29) is 17.8 Å². The lowest BCUT2D eigenvalue weighted by Crippen LogP contribution is -2.33. The molecule has 142 valence electrons. The predicted octanol–water partition coefficient (Wildman–Crippen LogP) is 3.58. The van der Waals surface area contributed by atoms with Crippen molar-refractivity contribution in [3.05, 3.63) is 64.2 Å². The Kier molecular flexibility index (Phi) is 5.72. The maximum atomic E-state index is 13.5. The topological polar surface area (TPSA) is 49.6 Å². The van der Waals surface area contributed by atoms with Crippen LogP contribution in [0.1, 0.15) is 27.9 Å². The Balaban J connectivity index is 1.69. The van der Waals surface area contributed by atoms with Gasteiger partial charge in [-0.05, 0) is 51.7 Å². The smallest absolute Gasteiger partial charge is 0.244 e. The summed E-state index contributed by atoms with van der Waals surface area (Å²) in [6.07, 6.45) is 5.31. The molecule has 7 heteroatoms. The number of nitrogens with zero attached hydrogens (tertiary/aromatic N) is 3. The SMILES string of the molecule is Cc1cn2c(/C=C/C(=O)NCC(c3cccc(F)c3)N(C)C)c(C)nc2s1. The summed E-state index contributed by atoms with van der Waals surface area (Å²) in [6.45, 7) is 4.35. The molecule has 1 N–H and O–H groups in total. The van der Waals surface area contributed by atoms with Gasteiger partial charge in [0.05, 0.1) is 17.4 Å². The Morgan fingerprint density at radius 2 is 2.19 bits per heavy atom. The first-order chi connectivity index (χ1) is 12.8. The second-order valence-electron chi connectivity index (χ2n) is 6.69. The third-order valence-corrected chi connectivity index (χ3v) is 5.28. The Morgan fingerprint density at radius 1 is 1.41 bits per heavy atom. The molecule has 2 heterocycles. The number of benzene rings is 1. The van der Waals surface area contributed by atoms with E-state index in [4.69, 9.17) is 0 Å². The van der Waals surface area contributed by atoms with E-state index in [0.29, 0.717) is 6.54 Å². The summed E-state index contributed by atoms with van der Waals surface area (Å²) < 4.78 is 15.5. The number of halogens is 1. The predicted molar refractivity (Wildman–Crippen MR) is 107 cm³/mol. The molecular weight excluding hydrogens is 363 g/mol. The highest BCUT2D eigenvalue weighted by molar-refractivity contribution is 7.17. The zero-order valence-electron chi connectivity index (χ0n) is 15.9. The molecule has 0 aliphatic rings. The van der Waals surface area contributed by atoms with E-state index in [0.717, 1.165) is 21.9 Å². The molecule has 27 heavy (non-hydrogen) atoms. The van der Waals surface area contributed by atoms with Gasteiger partial charge in [0, 0.05) is 23.7 Å². The van der Waals surface area contributed by atoms with E-state index in [2.05, 4.69) is 10.3 Å². The third kappa shape index (κ3) is 4.43. The van der Waals surface area contributed by atoms with Crippen molar-refractivity contribution in [2.45, 2.75) is 19.9 Å². The second-order valence-corrected chi connectivity index (χ2v) is 7.90. The van der Waals surface area contributed by atoms with E-state index < -0.39 is 0 Å². The number of carbonyl (C=O) groups is 1. The van der Waals surface area contributed by atoms with Gasteiger partial charge in [-0.1, -0.05) is 12.1 Å². The molecule has 0 aliphatic carbocycles. The Morgan fingerprint density at radius 3 is 2.89 bits per heavy atom. The quantitative estimate of drug-likeness (QED) is 0.659. The van der Waals surface area contributed by atoms with Crippen molar-refractivity contribution in [1.82, 2.24) is 19.6 Å². The number of imidazole rings is 1. The molecule has 1 atom stereocenters. The van der Waals surface area contributed by atoms with Crippen LogP contribution in [0.3, 0.4) is 0 Å². The summed E-state index contributed by atoms with van der Waals surface area (Å²) in [5.74, 6) is -0.476. The number of amides is 1. The Bertz CT molecular complexity index is 989. The summed E-state index contributed by atoms with van der Waals surface area (Å²) in [5, 5.41) is 2.90. The summed E-state index contributed by atoms with van der Waals surface area (Å²) in [5.41, 5.74) is 2.61. The summed E-state index contributed by atoms with van der Waals surface area (Å²) in [4.78, 5) is 20.9. The molecule has 0 saturated heterocycles. The van der Waals surface area contributed by atoms with Gasteiger partial charge in [0.1, 0.15) is 5.82 Å². The summed E-state index contributed by atoms with van der Waals surface area (Å²) in [7, 11) is 3.81. The lowest BCUT2D eigenvalue weighted by molar-refractivity contribution is -0.116. The monoisotopic (exact) mass is 386 g/mol. The number of hydrogen-bond acceptors (Lipinski definition) is 4. The van der Waals surface area contributed by atoms with Crippen LogP contribution in [0, 0.1) is 19.7 Å². The first kappa shape index (κ1) is 19.3. The number of rotatable bonds is 6. The van der Waals surface area contributed by atoms with Gasteiger partial charge in [0.2, 0.25) is 5.91 Å². The normalized spacial score (nSPS) is 13.0. The van der Waals surface area contributed by atoms with Crippen molar-refractivity contribution in [3.63, 3.8) is 0 Å². The van der Waals surface area contributed by atoms with Gasteiger partial charge in [0.15, 0.2) is 4.96 Å². The van der Waals surface area contributed by atoms with Crippen molar-refractivity contribution < 1.29 is 9.18 Å². The molecule has 3 rings (SSSR count). The average Bonchev–Trinajstić information content (AvgIpc) is 3.07. The minimum Gasteiger partial charge on any atom is -0.351 e. The fourth-order valence-electron chi connectivity index (χ4n) is 3.01. The minimum atomic E-state index is -0.281. The maximum absolute atomic E-state index is 13.5. The van der Waals surface area contributed by atoms with Gasteiger partial charge < -0.3 is 10.2 Å². The van der Waals surface area contributed by atoms with E-state index in [1.165, 1.54) is 23.1 Å². The Hall–Kier alpha value is -2.51. The first-order valence-corrected chi connectivity index (χ1v) is 9.49. The summed E-state index contributed by atoms with van der Waals surface area (Å²) >= 11 is 1.62. The number of nitrogens with one attached hydrogen (secondary N) is 1. The standard InChI is InChI=1S/C20H23FN4OS/c1-13-12-25-17(14(2)23-20(25)27-13)8-9-19(26)22-11-18(24(3)4)15-6-5-7-16(21)10-15/h5-10,12,18H,11H2,1-4H3,(H,22,26)/b9-8+. The minimum absolute atomic E-state index is 0.110. The number of aryl methyl sites for hydroxylation is 2. The highest BCUT2D eigenvalue weighted by Gasteiger charge is 2.15. The van der Waals surface area contributed by atoms with Crippen molar-refractivity contribution >= 4 is 28.3 Å². The van der Waals surface area contributed by atoms with Crippen LogP contribution < -0.4 is 5.32 Å². The van der Waals surface area contributed by atoms with E-state index in [1.54, 1.807) is 23.5 Å².